The molecule has 2 saturated heterocycles. The van der Waals surface area contributed by atoms with Gasteiger partial charge in [0.25, 0.3) is 0 Å². The van der Waals surface area contributed by atoms with Gasteiger partial charge in [0.2, 0.25) is 0 Å². The van der Waals surface area contributed by atoms with Crippen molar-refractivity contribution >= 4 is 0 Å². The van der Waals surface area contributed by atoms with Crippen molar-refractivity contribution in [1.29, 1.82) is 0 Å². The van der Waals surface area contributed by atoms with E-state index >= 15 is 0 Å². The standard InChI is InChI=1S/C26H27F7O6/c1-13(15-8-16(25(28,29)30)10-17(9-15)26(31,32)33)36-23-22(35-12-14-4-6-18(27)7-5-14)21-20(19(11-34)37-23)38-24(2,3)39-21/h4-10,13,19-23,34H,11-12H2,1-3H3/t13-,19-,20+,21+,22-,23+/m1/s1. The molecule has 0 saturated carbocycles. The lowest BCUT2D eigenvalue weighted by Gasteiger charge is -2.42. The zero-order valence-corrected chi connectivity index (χ0v) is 21.1. The molecule has 2 fully saturated rings. The molecule has 1 N–H and O–H groups in total. The zero-order valence-electron chi connectivity index (χ0n) is 21.1. The van der Waals surface area contributed by atoms with Gasteiger partial charge in [0.15, 0.2) is 12.1 Å². The first kappa shape index (κ1) is 29.7. The predicted octanol–water partition coefficient (Wildman–Crippen LogP) is 5.76. The minimum Gasteiger partial charge on any atom is -0.394 e. The molecule has 0 amide bonds. The van der Waals surface area contributed by atoms with E-state index in [0.717, 1.165) is 0 Å². The van der Waals surface area contributed by atoms with Crippen molar-refractivity contribution in [3.8, 4) is 0 Å². The topological polar surface area (TPSA) is 66.4 Å². The van der Waals surface area contributed by atoms with E-state index in [0.29, 0.717) is 17.7 Å². The van der Waals surface area contributed by atoms with E-state index in [1.165, 1.54) is 31.2 Å². The number of aliphatic hydroxyl groups excluding tert-OH is 1. The van der Waals surface area contributed by atoms with Crippen LogP contribution in [-0.4, -0.2) is 48.2 Å². The third-order valence-corrected chi connectivity index (χ3v) is 6.38. The normalized spacial score (nSPS) is 27.8. The molecule has 0 unspecified atom stereocenters. The maximum Gasteiger partial charge on any atom is 0.416 e. The van der Waals surface area contributed by atoms with Gasteiger partial charge in [0.05, 0.1) is 30.4 Å². The van der Waals surface area contributed by atoms with Gasteiger partial charge >= 0.3 is 12.4 Å². The molecular weight excluding hydrogens is 541 g/mol. The summed E-state index contributed by atoms with van der Waals surface area (Å²) in [5, 5.41) is 9.91. The van der Waals surface area contributed by atoms with Crippen molar-refractivity contribution < 1.29 is 59.5 Å². The Balaban J connectivity index is 1.64. The zero-order chi connectivity index (χ0) is 28.8. The average molecular weight is 568 g/mol. The van der Waals surface area contributed by atoms with Crippen LogP contribution < -0.4 is 0 Å². The highest BCUT2D eigenvalue weighted by atomic mass is 19.4. The third-order valence-electron chi connectivity index (χ3n) is 6.38. The van der Waals surface area contributed by atoms with Gasteiger partial charge in [-0.2, -0.15) is 26.3 Å². The summed E-state index contributed by atoms with van der Waals surface area (Å²) in [7, 11) is 0. The monoisotopic (exact) mass is 568 g/mol. The van der Waals surface area contributed by atoms with Crippen LogP contribution in [-0.2, 0) is 42.6 Å². The highest BCUT2D eigenvalue weighted by Gasteiger charge is 2.56. The van der Waals surface area contributed by atoms with Crippen LogP contribution in [0.5, 0.6) is 0 Å². The Morgan fingerprint density at radius 3 is 2.03 bits per heavy atom. The Labute approximate surface area is 219 Å². The Kier molecular flexibility index (Phi) is 8.33. The van der Waals surface area contributed by atoms with Gasteiger partial charge in [0.1, 0.15) is 30.2 Å². The molecule has 2 heterocycles. The number of rotatable bonds is 7. The number of hydrogen-bond acceptors (Lipinski definition) is 6. The molecule has 6 nitrogen and oxygen atoms in total. The van der Waals surface area contributed by atoms with E-state index in [-0.39, 0.29) is 12.7 Å². The van der Waals surface area contributed by atoms with Crippen LogP contribution in [0.4, 0.5) is 30.7 Å². The van der Waals surface area contributed by atoms with Crippen molar-refractivity contribution in [2.24, 2.45) is 0 Å². The summed E-state index contributed by atoms with van der Waals surface area (Å²) in [6.45, 7) is 3.89. The maximum absolute atomic E-state index is 13.4. The number of alkyl halides is 6. The van der Waals surface area contributed by atoms with Gasteiger partial charge in [-0.3, -0.25) is 0 Å². The second-order valence-corrected chi connectivity index (χ2v) is 9.81. The van der Waals surface area contributed by atoms with Crippen LogP contribution in [0.3, 0.4) is 0 Å². The molecular formula is C26H27F7O6. The second kappa shape index (κ2) is 10.9. The van der Waals surface area contributed by atoms with Gasteiger partial charge in [-0.1, -0.05) is 12.1 Å². The first-order chi connectivity index (χ1) is 18.1. The summed E-state index contributed by atoms with van der Waals surface area (Å²) >= 11 is 0. The van der Waals surface area contributed by atoms with Crippen molar-refractivity contribution in [3.63, 3.8) is 0 Å². The SMILES string of the molecule is C[C@@H](O[C@H]1O[C@H](CO)[C@@H]2OC(C)(C)O[C@@H]2[C@H]1OCc1ccc(F)cc1)c1cc(C(F)(F)F)cc(C(F)(F)F)c1. The number of fused-ring (bicyclic) bond motifs is 1. The van der Waals surface area contributed by atoms with Crippen molar-refractivity contribution in [2.75, 3.05) is 6.61 Å². The average Bonchev–Trinajstić information content (AvgIpc) is 3.17. The van der Waals surface area contributed by atoms with Gasteiger partial charge in [-0.05, 0) is 62.2 Å². The molecule has 13 heteroatoms. The minimum absolute atomic E-state index is 0.0279. The summed E-state index contributed by atoms with van der Waals surface area (Å²) in [6, 6.07) is 6.57. The first-order valence-electron chi connectivity index (χ1n) is 12.0. The molecule has 2 aliphatic heterocycles. The third kappa shape index (κ3) is 6.90. The second-order valence-electron chi connectivity index (χ2n) is 9.81. The largest absolute Gasteiger partial charge is 0.416 e. The smallest absolute Gasteiger partial charge is 0.394 e. The van der Waals surface area contributed by atoms with Crippen molar-refractivity contribution in [1.82, 2.24) is 0 Å². The van der Waals surface area contributed by atoms with E-state index in [1.54, 1.807) is 13.8 Å². The molecule has 0 bridgehead atoms. The quantitative estimate of drug-likeness (QED) is 0.429. The van der Waals surface area contributed by atoms with Crippen LogP contribution in [0, 0.1) is 5.82 Å². The lowest BCUT2D eigenvalue weighted by Crippen LogP contribution is -2.58. The van der Waals surface area contributed by atoms with Crippen LogP contribution in [0.25, 0.3) is 0 Å². The predicted molar refractivity (Wildman–Crippen MR) is 120 cm³/mol. The Hall–Kier alpha value is -2.29. The number of hydrogen-bond donors (Lipinski definition) is 1. The van der Waals surface area contributed by atoms with Crippen molar-refractivity contribution in [2.45, 2.75) is 82.3 Å². The van der Waals surface area contributed by atoms with E-state index in [1.807, 2.05) is 0 Å². The molecule has 0 radical (unpaired) electrons. The van der Waals surface area contributed by atoms with Crippen molar-refractivity contribution in [3.05, 3.63) is 70.5 Å². The maximum atomic E-state index is 13.4. The van der Waals surface area contributed by atoms with E-state index in [9.17, 15) is 35.8 Å². The van der Waals surface area contributed by atoms with Gasteiger partial charge in [-0.25, -0.2) is 4.39 Å². The molecule has 0 aliphatic carbocycles. The summed E-state index contributed by atoms with van der Waals surface area (Å²) < 4.78 is 123. The van der Waals surface area contributed by atoms with Crippen LogP contribution >= 0.6 is 0 Å². The number of halogens is 7. The molecule has 0 aromatic heterocycles. The molecule has 2 aromatic carbocycles. The summed E-state index contributed by atoms with van der Waals surface area (Å²) in [5.74, 6) is -1.58. The Bertz CT molecular complexity index is 1100. The van der Waals surface area contributed by atoms with Gasteiger partial charge in [-0.15, -0.1) is 0 Å². The molecule has 6 atom stereocenters. The van der Waals surface area contributed by atoms with Gasteiger partial charge in [0, 0.05) is 0 Å². The molecule has 39 heavy (non-hydrogen) atoms. The number of aliphatic hydroxyl groups is 1. The molecule has 216 valence electrons. The molecule has 2 aromatic rings. The fraction of sp³-hybridized carbons (Fsp3) is 0.538. The number of benzene rings is 2. The van der Waals surface area contributed by atoms with E-state index < -0.39 is 84.1 Å². The summed E-state index contributed by atoms with van der Waals surface area (Å²) in [5.41, 5.74) is -2.81. The lowest BCUT2D eigenvalue weighted by atomic mass is 9.98. The highest BCUT2D eigenvalue weighted by Crippen LogP contribution is 2.42. The molecule has 4 rings (SSSR count). The lowest BCUT2D eigenvalue weighted by molar-refractivity contribution is -0.304. The Morgan fingerprint density at radius 1 is 0.923 bits per heavy atom. The molecule has 0 spiro atoms. The van der Waals surface area contributed by atoms with Crippen LogP contribution in [0.1, 0.15) is 49.1 Å². The minimum atomic E-state index is -5.03. The summed E-state index contributed by atoms with van der Waals surface area (Å²) in [6.07, 6.45) is -16.6. The number of ether oxygens (including phenoxy) is 5. The summed E-state index contributed by atoms with van der Waals surface area (Å²) in [4.78, 5) is 0. The Morgan fingerprint density at radius 2 is 1.49 bits per heavy atom. The van der Waals surface area contributed by atoms with Crippen LogP contribution in [0.15, 0.2) is 42.5 Å². The fourth-order valence-electron chi connectivity index (χ4n) is 4.54. The first-order valence-corrected chi connectivity index (χ1v) is 12.0. The van der Waals surface area contributed by atoms with Gasteiger partial charge < -0.3 is 28.8 Å². The highest BCUT2D eigenvalue weighted by molar-refractivity contribution is 5.34. The van der Waals surface area contributed by atoms with E-state index in [4.69, 9.17) is 23.7 Å². The van der Waals surface area contributed by atoms with Crippen LogP contribution in [0.2, 0.25) is 0 Å². The fourth-order valence-corrected chi connectivity index (χ4v) is 4.54. The van der Waals surface area contributed by atoms with E-state index in [2.05, 4.69) is 0 Å². The molecule has 2 aliphatic rings.